The third-order valence-electron chi connectivity index (χ3n) is 5.57. The fourth-order valence-corrected chi connectivity index (χ4v) is 3.65. The van der Waals surface area contributed by atoms with Crippen molar-refractivity contribution in [3.8, 4) is 11.5 Å². The molecule has 3 aromatic carbocycles. The molecule has 0 saturated carbocycles. The van der Waals surface area contributed by atoms with E-state index in [1.807, 2.05) is 0 Å². The molecule has 0 bridgehead atoms. The minimum Gasteiger partial charge on any atom is -0.504 e. The van der Waals surface area contributed by atoms with Crippen LogP contribution in [0.4, 0.5) is 8.78 Å². The zero-order valence-corrected chi connectivity index (χ0v) is 19.3. The van der Waals surface area contributed by atoms with Crippen LogP contribution in [0.25, 0.3) is 0 Å². The second-order valence-corrected chi connectivity index (χ2v) is 8.40. The Balaban J connectivity index is 1.71. The van der Waals surface area contributed by atoms with Crippen LogP contribution in [-0.4, -0.2) is 40.3 Å². The minimum absolute atomic E-state index is 0.101. The molecule has 3 aromatic rings. The van der Waals surface area contributed by atoms with E-state index < -0.39 is 41.7 Å². The van der Waals surface area contributed by atoms with Crippen LogP contribution >= 0.6 is 0 Å². The number of hydrogen-bond acceptors (Lipinski definition) is 6. The molecule has 8 nitrogen and oxygen atoms in total. The maximum absolute atomic E-state index is 14.3. The van der Waals surface area contributed by atoms with E-state index in [1.165, 1.54) is 54.6 Å². The van der Waals surface area contributed by atoms with Crippen molar-refractivity contribution >= 4 is 11.8 Å². The van der Waals surface area contributed by atoms with E-state index in [9.17, 15) is 28.6 Å². The largest absolute Gasteiger partial charge is 0.504 e. The number of carbonyl (C=O) groups is 2. The number of hydrogen-bond donors (Lipinski definition) is 6. The summed E-state index contributed by atoms with van der Waals surface area (Å²) in [6.07, 6.45) is -1.10. The smallest absolute Gasteiger partial charge is 0.244 e. The topological polar surface area (TPSA) is 151 Å². The second kappa shape index (κ2) is 12.1. The van der Waals surface area contributed by atoms with Gasteiger partial charge in [0.15, 0.2) is 11.5 Å². The van der Waals surface area contributed by atoms with Gasteiger partial charge in [0.05, 0.1) is 12.2 Å². The number of nitrogens with two attached hydrogens (primary N) is 2. The summed E-state index contributed by atoms with van der Waals surface area (Å²) in [5, 5.41) is 24.2. The maximum Gasteiger partial charge on any atom is 0.244 e. The summed E-state index contributed by atoms with van der Waals surface area (Å²) in [6, 6.07) is 13.5. The first-order valence-corrected chi connectivity index (χ1v) is 11.2. The molecule has 0 spiro atoms. The lowest BCUT2D eigenvalue weighted by atomic mass is 10.0. The highest BCUT2D eigenvalue weighted by Crippen LogP contribution is 2.25. The van der Waals surface area contributed by atoms with Crippen molar-refractivity contribution in [1.29, 1.82) is 0 Å². The van der Waals surface area contributed by atoms with Crippen LogP contribution < -0.4 is 22.1 Å². The Labute approximate surface area is 206 Å². The maximum atomic E-state index is 14.3. The van der Waals surface area contributed by atoms with E-state index in [-0.39, 0.29) is 41.9 Å². The van der Waals surface area contributed by atoms with E-state index in [0.29, 0.717) is 5.56 Å². The standard InChI is InChI=1S/C26H28F2N4O4/c27-18-7-3-1-5-16(18)13-20(29)25(35)31-21(14-17-6-2-4-8-19(17)28)26(36)32-24(30)12-15-9-10-22(33)23(34)11-15/h1-11,20-21,24,33-34H,12-14,29-30H2,(H,31,35)(H,32,36). The van der Waals surface area contributed by atoms with Crippen molar-refractivity contribution in [3.63, 3.8) is 0 Å². The van der Waals surface area contributed by atoms with Crippen LogP contribution in [0.3, 0.4) is 0 Å². The average molecular weight is 499 g/mol. The fourth-order valence-electron chi connectivity index (χ4n) is 3.65. The number of aromatic hydroxyl groups is 2. The number of halogens is 2. The molecule has 3 unspecified atom stereocenters. The molecule has 36 heavy (non-hydrogen) atoms. The third kappa shape index (κ3) is 7.24. The lowest BCUT2D eigenvalue weighted by molar-refractivity contribution is -0.130. The van der Waals surface area contributed by atoms with Crippen LogP contribution in [0.5, 0.6) is 11.5 Å². The van der Waals surface area contributed by atoms with E-state index in [4.69, 9.17) is 11.5 Å². The van der Waals surface area contributed by atoms with Crippen molar-refractivity contribution in [2.75, 3.05) is 0 Å². The van der Waals surface area contributed by atoms with Gasteiger partial charge in [0.1, 0.15) is 17.7 Å². The van der Waals surface area contributed by atoms with Gasteiger partial charge in [-0.3, -0.25) is 9.59 Å². The molecule has 0 aliphatic rings. The van der Waals surface area contributed by atoms with Gasteiger partial charge in [-0.05, 0) is 47.4 Å². The first-order chi connectivity index (χ1) is 17.1. The molecule has 0 saturated heterocycles. The summed E-state index contributed by atoms with van der Waals surface area (Å²) in [7, 11) is 0. The Bertz CT molecular complexity index is 1220. The van der Waals surface area contributed by atoms with Crippen LogP contribution in [0.2, 0.25) is 0 Å². The molecule has 2 amide bonds. The molecule has 8 N–H and O–H groups in total. The summed E-state index contributed by atoms with van der Waals surface area (Å²) in [5.41, 5.74) is 13.0. The first kappa shape index (κ1) is 26.6. The number of amides is 2. The molecular weight excluding hydrogens is 470 g/mol. The van der Waals surface area contributed by atoms with Crippen molar-refractivity contribution in [3.05, 3.63) is 95.1 Å². The first-order valence-electron chi connectivity index (χ1n) is 11.2. The molecule has 0 heterocycles. The molecule has 0 aromatic heterocycles. The number of carbonyl (C=O) groups excluding carboxylic acids is 2. The Hall–Kier alpha value is -4.02. The number of phenolic OH excluding ortho intramolecular Hbond substituents is 2. The summed E-state index contributed by atoms with van der Waals surface area (Å²) in [4.78, 5) is 25.8. The highest BCUT2D eigenvalue weighted by atomic mass is 19.1. The normalized spacial score (nSPS) is 13.4. The Morgan fingerprint density at radius 1 is 0.750 bits per heavy atom. The highest BCUT2D eigenvalue weighted by Gasteiger charge is 2.26. The van der Waals surface area contributed by atoms with Gasteiger partial charge >= 0.3 is 0 Å². The van der Waals surface area contributed by atoms with Gasteiger partial charge in [-0.1, -0.05) is 42.5 Å². The molecule has 0 fully saturated rings. The molecular formula is C26H28F2N4O4. The minimum atomic E-state index is -1.22. The lowest BCUT2D eigenvalue weighted by Gasteiger charge is -2.23. The quantitative estimate of drug-likeness (QED) is 0.185. The lowest BCUT2D eigenvalue weighted by Crippen LogP contribution is -2.56. The Morgan fingerprint density at radius 2 is 1.33 bits per heavy atom. The molecule has 3 atom stereocenters. The molecule has 0 radical (unpaired) electrons. The van der Waals surface area contributed by atoms with Gasteiger partial charge in [-0.15, -0.1) is 0 Å². The van der Waals surface area contributed by atoms with Crippen molar-refractivity contribution in [2.24, 2.45) is 11.5 Å². The number of phenols is 2. The van der Waals surface area contributed by atoms with Crippen molar-refractivity contribution < 1.29 is 28.6 Å². The van der Waals surface area contributed by atoms with Crippen molar-refractivity contribution in [1.82, 2.24) is 10.6 Å². The predicted octanol–water partition coefficient (Wildman–Crippen LogP) is 1.62. The molecule has 3 rings (SSSR count). The van der Waals surface area contributed by atoms with E-state index in [0.717, 1.165) is 0 Å². The molecule has 10 heteroatoms. The number of rotatable bonds is 10. The molecule has 0 aliphatic carbocycles. The summed E-state index contributed by atoms with van der Waals surface area (Å²) >= 11 is 0. The molecule has 190 valence electrons. The van der Waals surface area contributed by atoms with Crippen molar-refractivity contribution in [2.45, 2.75) is 37.5 Å². The fraction of sp³-hybridized carbons (Fsp3) is 0.231. The third-order valence-corrected chi connectivity index (χ3v) is 5.57. The highest BCUT2D eigenvalue weighted by molar-refractivity contribution is 5.90. The molecule has 0 aliphatic heterocycles. The Morgan fingerprint density at radius 3 is 1.92 bits per heavy atom. The average Bonchev–Trinajstić information content (AvgIpc) is 2.83. The van der Waals surface area contributed by atoms with Crippen LogP contribution in [0.1, 0.15) is 16.7 Å². The van der Waals surface area contributed by atoms with E-state index >= 15 is 0 Å². The van der Waals surface area contributed by atoms with Crippen LogP contribution in [0.15, 0.2) is 66.7 Å². The van der Waals surface area contributed by atoms with Gasteiger partial charge in [-0.2, -0.15) is 0 Å². The zero-order chi connectivity index (χ0) is 26.2. The van der Waals surface area contributed by atoms with Crippen LogP contribution in [0, 0.1) is 11.6 Å². The monoisotopic (exact) mass is 498 g/mol. The zero-order valence-electron chi connectivity index (χ0n) is 19.3. The van der Waals surface area contributed by atoms with Gasteiger partial charge in [-0.25, -0.2) is 8.78 Å². The van der Waals surface area contributed by atoms with Gasteiger partial charge in [0, 0.05) is 12.8 Å². The van der Waals surface area contributed by atoms with E-state index in [1.54, 1.807) is 12.1 Å². The number of benzene rings is 3. The second-order valence-electron chi connectivity index (χ2n) is 8.40. The van der Waals surface area contributed by atoms with E-state index in [2.05, 4.69) is 10.6 Å². The predicted molar refractivity (Wildman–Crippen MR) is 130 cm³/mol. The Kier molecular flexibility index (Phi) is 8.93. The van der Waals surface area contributed by atoms with Crippen LogP contribution in [-0.2, 0) is 28.9 Å². The van der Waals surface area contributed by atoms with Gasteiger partial charge in [0.2, 0.25) is 11.8 Å². The van der Waals surface area contributed by atoms with Gasteiger partial charge < -0.3 is 32.3 Å². The summed E-state index contributed by atoms with van der Waals surface area (Å²) in [6.45, 7) is 0. The summed E-state index contributed by atoms with van der Waals surface area (Å²) < 4.78 is 28.3. The number of nitrogens with one attached hydrogen (secondary N) is 2. The SMILES string of the molecule is NC(Cc1ccc(O)c(O)c1)NC(=O)C(Cc1ccccc1F)NC(=O)C(N)Cc1ccccc1F. The summed E-state index contributed by atoms with van der Waals surface area (Å²) in [5.74, 6) is -3.08. The van der Waals surface area contributed by atoms with Gasteiger partial charge in [0.25, 0.3) is 0 Å².